The Morgan fingerprint density at radius 2 is 1.68 bits per heavy atom. The van der Waals surface area contributed by atoms with Crippen molar-refractivity contribution in [3.05, 3.63) is 71.2 Å². The Hall–Kier alpha value is -3.48. The number of rotatable bonds is 7. The molecule has 0 aliphatic heterocycles. The van der Waals surface area contributed by atoms with Crippen molar-refractivity contribution in [1.82, 2.24) is 25.8 Å². The standard InChI is InChI=1S/C21H23N5O2/c1-14-9-10-17(15(2)24-14)20(27)22-11-6-12-23-21(28)19-13-18(25-26-19)16-7-4-3-5-8-16/h3-5,7-10,13H,6,11-12H2,1-2H3,(H,22,27)(H,23,28)(H,25,26). The van der Waals surface area contributed by atoms with Gasteiger partial charge in [-0.1, -0.05) is 30.3 Å². The lowest BCUT2D eigenvalue weighted by Gasteiger charge is -2.08. The Morgan fingerprint density at radius 1 is 0.964 bits per heavy atom. The third kappa shape index (κ3) is 4.82. The first-order valence-electron chi connectivity index (χ1n) is 9.16. The van der Waals surface area contributed by atoms with E-state index < -0.39 is 0 Å². The number of hydrogen-bond donors (Lipinski definition) is 3. The van der Waals surface area contributed by atoms with Gasteiger partial charge in [-0.25, -0.2) is 0 Å². The van der Waals surface area contributed by atoms with E-state index in [1.807, 2.05) is 50.2 Å². The number of nitrogens with one attached hydrogen (secondary N) is 3. The molecule has 144 valence electrons. The highest BCUT2D eigenvalue weighted by atomic mass is 16.2. The highest BCUT2D eigenvalue weighted by molar-refractivity contribution is 5.95. The molecule has 0 unspecified atom stereocenters. The molecule has 0 aliphatic carbocycles. The third-order valence-electron chi connectivity index (χ3n) is 4.29. The largest absolute Gasteiger partial charge is 0.352 e. The molecule has 2 aromatic heterocycles. The lowest BCUT2D eigenvalue weighted by Crippen LogP contribution is -2.30. The van der Waals surface area contributed by atoms with Gasteiger partial charge in [0.25, 0.3) is 11.8 Å². The second kappa shape index (κ2) is 8.94. The van der Waals surface area contributed by atoms with Gasteiger partial charge >= 0.3 is 0 Å². The van der Waals surface area contributed by atoms with Crippen LogP contribution in [-0.2, 0) is 0 Å². The summed E-state index contributed by atoms with van der Waals surface area (Å²) in [5.74, 6) is -0.378. The number of pyridine rings is 1. The molecule has 7 heteroatoms. The van der Waals surface area contributed by atoms with Crippen molar-refractivity contribution < 1.29 is 9.59 Å². The fourth-order valence-corrected chi connectivity index (χ4v) is 2.80. The van der Waals surface area contributed by atoms with Crippen LogP contribution in [0, 0.1) is 13.8 Å². The Morgan fingerprint density at radius 3 is 2.39 bits per heavy atom. The molecule has 0 saturated heterocycles. The monoisotopic (exact) mass is 377 g/mol. The molecular formula is C21H23N5O2. The number of hydrogen-bond acceptors (Lipinski definition) is 4. The molecule has 3 N–H and O–H groups in total. The van der Waals surface area contributed by atoms with Crippen LogP contribution in [-0.4, -0.2) is 40.1 Å². The number of benzene rings is 1. The molecule has 28 heavy (non-hydrogen) atoms. The van der Waals surface area contributed by atoms with E-state index in [4.69, 9.17) is 0 Å². The van der Waals surface area contributed by atoms with Gasteiger partial charge in [-0.2, -0.15) is 5.10 Å². The van der Waals surface area contributed by atoms with Crippen LogP contribution in [0.5, 0.6) is 0 Å². The minimum atomic E-state index is -0.223. The van der Waals surface area contributed by atoms with Crippen LogP contribution in [0.25, 0.3) is 11.3 Å². The van der Waals surface area contributed by atoms with Gasteiger partial charge in [0.1, 0.15) is 5.69 Å². The Bertz CT molecular complexity index is 966. The number of aromatic nitrogens is 3. The highest BCUT2D eigenvalue weighted by Crippen LogP contribution is 2.16. The first-order chi connectivity index (χ1) is 13.5. The van der Waals surface area contributed by atoms with E-state index in [9.17, 15) is 9.59 Å². The number of amides is 2. The summed E-state index contributed by atoms with van der Waals surface area (Å²) in [6, 6.07) is 15.0. The zero-order chi connectivity index (χ0) is 19.9. The predicted molar refractivity (Wildman–Crippen MR) is 107 cm³/mol. The molecule has 0 bridgehead atoms. The van der Waals surface area contributed by atoms with E-state index in [1.54, 1.807) is 12.1 Å². The van der Waals surface area contributed by atoms with Crippen molar-refractivity contribution in [2.45, 2.75) is 20.3 Å². The van der Waals surface area contributed by atoms with Crippen LogP contribution < -0.4 is 10.6 Å². The molecule has 0 saturated carbocycles. The zero-order valence-electron chi connectivity index (χ0n) is 16.0. The maximum Gasteiger partial charge on any atom is 0.269 e. The van der Waals surface area contributed by atoms with Crippen LogP contribution in [0.3, 0.4) is 0 Å². The van der Waals surface area contributed by atoms with Crippen LogP contribution in [0.15, 0.2) is 48.5 Å². The van der Waals surface area contributed by atoms with Crippen molar-refractivity contribution in [2.24, 2.45) is 0 Å². The van der Waals surface area contributed by atoms with Gasteiger partial charge in [0, 0.05) is 24.3 Å². The lowest BCUT2D eigenvalue weighted by molar-refractivity contribution is 0.0948. The van der Waals surface area contributed by atoms with Gasteiger partial charge in [0.05, 0.1) is 17.0 Å². The summed E-state index contributed by atoms with van der Waals surface area (Å²) in [6.07, 6.45) is 0.621. The maximum atomic E-state index is 12.2. The number of H-pyrrole nitrogens is 1. The minimum Gasteiger partial charge on any atom is -0.352 e. The smallest absolute Gasteiger partial charge is 0.269 e. The fraction of sp³-hybridized carbons (Fsp3) is 0.238. The van der Waals surface area contributed by atoms with E-state index in [0.717, 1.165) is 17.0 Å². The summed E-state index contributed by atoms with van der Waals surface area (Å²) in [6.45, 7) is 4.62. The summed E-state index contributed by atoms with van der Waals surface area (Å²) in [5.41, 5.74) is 4.23. The van der Waals surface area contributed by atoms with Gasteiger partial charge < -0.3 is 10.6 Å². The number of aromatic amines is 1. The molecule has 0 fully saturated rings. The first kappa shape index (κ1) is 19.3. The first-order valence-corrected chi connectivity index (χ1v) is 9.16. The number of nitrogens with zero attached hydrogens (tertiary/aromatic N) is 2. The van der Waals surface area contributed by atoms with E-state index >= 15 is 0 Å². The van der Waals surface area contributed by atoms with Crippen LogP contribution in [0.2, 0.25) is 0 Å². The summed E-state index contributed by atoms with van der Waals surface area (Å²) in [4.78, 5) is 28.7. The maximum absolute atomic E-state index is 12.2. The predicted octanol–water partition coefficient (Wildman–Crippen LogP) is 2.64. The van der Waals surface area contributed by atoms with Gasteiger partial charge in [-0.3, -0.25) is 19.7 Å². The van der Waals surface area contributed by atoms with Crippen LogP contribution >= 0.6 is 0 Å². The zero-order valence-corrected chi connectivity index (χ0v) is 16.0. The molecule has 1 aromatic carbocycles. The average molecular weight is 377 g/mol. The van der Waals surface area contributed by atoms with E-state index in [2.05, 4.69) is 25.8 Å². The topological polar surface area (TPSA) is 99.8 Å². The van der Waals surface area contributed by atoms with E-state index in [1.165, 1.54) is 0 Å². The van der Waals surface area contributed by atoms with E-state index in [0.29, 0.717) is 36.5 Å². The summed E-state index contributed by atoms with van der Waals surface area (Å²) < 4.78 is 0. The van der Waals surface area contributed by atoms with Gasteiger partial charge in [-0.05, 0) is 38.5 Å². The van der Waals surface area contributed by atoms with Crippen molar-refractivity contribution in [1.29, 1.82) is 0 Å². The van der Waals surface area contributed by atoms with Gasteiger partial charge in [0.2, 0.25) is 0 Å². The molecule has 0 aliphatic rings. The number of carbonyl (C=O) groups excluding carboxylic acids is 2. The SMILES string of the molecule is Cc1ccc(C(=O)NCCCNC(=O)c2cc(-c3ccccc3)n[nH]2)c(C)n1. The molecular weight excluding hydrogens is 354 g/mol. The van der Waals surface area contributed by atoms with Crippen LogP contribution in [0.4, 0.5) is 0 Å². The van der Waals surface area contributed by atoms with Crippen molar-refractivity contribution in [2.75, 3.05) is 13.1 Å². The fourth-order valence-electron chi connectivity index (χ4n) is 2.80. The van der Waals surface area contributed by atoms with E-state index in [-0.39, 0.29) is 11.8 Å². The lowest BCUT2D eigenvalue weighted by atomic mass is 10.1. The van der Waals surface area contributed by atoms with Gasteiger partial charge in [-0.15, -0.1) is 0 Å². The highest BCUT2D eigenvalue weighted by Gasteiger charge is 2.11. The molecule has 3 aromatic rings. The quantitative estimate of drug-likeness (QED) is 0.551. The third-order valence-corrected chi connectivity index (χ3v) is 4.29. The second-order valence-electron chi connectivity index (χ2n) is 6.48. The number of aryl methyl sites for hydroxylation is 2. The molecule has 0 atom stereocenters. The molecule has 7 nitrogen and oxygen atoms in total. The molecule has 3 rings (SSSR count). The average Bonchev–Trinajstić information content (AvgIpc) is 3.18. The molecule has 0 radical (unpaired) electrons. The Labute approximate surface area is 163 Å². The number of carbonyl (C=O) groups is 2. The molecule has 2 heterocycles. The summed E-state index contributed by atoms with van der Waals surface area (Å²) in [7, 11) is 0. The van der Waals surface area contributed by atoms with Crippen molar-refractivity contribution >= 4 is 11.8 Å². The Balaban J connectivity index is 1.42. The van der Waals surface area contributed by atoms with Crippen molar-refractivity contribution in [3.63, 3.8) is 0 Å². The molecule has 2 amide bonds. The normalized spacial score (nSPS) is 10.5. The van der Waals surface area contributed by atoms with Gasteiger partial charge in [0.15, 0.2) is 0 Å². The van der Waals surface area contributed by atoms with Crippen LogP contribution in [0.1, 0.15) is 38.7 Å². The summed E-state index contributed by atoms with van der Waals surface area (Å²) >= 11 is 0. The van der Waals surface area contributed by atoms with Crippen molar-refractivity contribution in [3.8, 4) is 11.3 Å². The summed E-state index contributed by atoms with van der Waals surface area (Å²) in [5, 5.41) is 12.6. The second-order valence-corrected chi connectivity index (χ2v) is 6.48. The Kier molecular flexibility index (Phi) is 6.16. The minimum absolute atomic E-state index is 0.155. The molecule has 0 spiro atoms.